The number of hydrogen-bond acceptors (Lipinski definition) is 3. The van der Waals surface area contributed by atoms with Crippen molar-refractivity contribution in [3.8, 4) is 0 Å². The van der Waals surface area contributed by atoms with Gasteiger partial charge in [-0.3, -0.25) is 4.79 Å². The first-order valence-corrected chi connectivity index (χ1v) is 8.85. The quantitative estimate of drug-likeness (QED) is 0.816. The van der Waals surface area contributed by atoms with Crippen LogP contribution in [0.25, 0.3) is 10.9 Å². The second-order valence-electron chi connectivity index (χ2n) is 8.37. The fraction of sp³-hybridized carbons (Fsp3) is 0.550. The van der Waals surface area contributed by atoms with Gasteiger partial charge < -0.3 is 14.6 Å². The summed E-state index contributed by atoms with van der Waals surface area (Å²) in [5, 5.41) is 1.37. The summed E-state index contributed by atoms with van der Waals surface area (Å²) in [5.41, 5.74) is 3.58. The molecule has 1 fully saturated rings. The van der Waals surface area contributed by atoms with E-state index in [0.29, 0.717) is 12.0 Å². The Hall–Kier alpha value is -1.81. The molecule has 2 unspecified atom stereocenters. The molecule has 24 heavy (non-hydrogen) atoms. The molecular weight excluding hydrogens is 300 g/mol. The summed E-state index contributed by atoms with van der Waals surface area (Å²) in [5.74, 6) is 0.291. The molecule has 0 saturated carbocycles. The molecule has 2 heterocycles. The Kier molecular flexibility index (Phi) is 3.50. The number of piperidine rings is 1. The van der Waals surface area contributed by atoms with E-state index >= 15 is 0 Å². The maximum absolute atomic E-state index is 12.6. The van der Waals surface area contributed by atoms with Crippen molar-refractivity contribution in [1.29, 1.82) is 0 Å². The predicted molar refractivity (Wildman–Crippen MR) is 95.1 cm³/mol. The Bertz CT molecular complexity index is 787. The Balaban J connectivity index is 1.67. The number of rotatable bonds is 1. The summed E-state index contributed by atoms with van der Waals surface area (Å²) in [6, 6.07) is 6.97. The highest BCUT2D eigenvalue weighted by molar-refractivity contribution is 5.88. The molecule has 1 aliphatic heterocycles. The maximum atomic E-state index is 12.6. The Labute approximate surface area is 143 Å². The molecule has 4 rings (SSSR count). The minimum Gasteiger partial charge on any atom is -0.460 e. The monoisotopic (exact) mass is 326 g/mol. The molecule has 0 amide bonds. The summed E-state index contributed by atoms with van der Waals surface area (Å²) in [7, 11) is 2.14. The molecule has 1 saturated heterocycles. The normalized spacial score (nSPS) is 27.1. The number of nitrogens with one attached hydrogen (secondary N) is 1. The molecular formula is C20H26N2O2. The molecule has 2 aliphatic rings. The number of carbonyl (C=O) groups is 1. The zero-order valence-corrected chi connectivity index (χ0v) is 14.9. The van der Waals surface area contributed by atoms with Gasteiger partial charge in [-0.1, -0.05) is 12.1 Å². The van der Waals surface area contributed by atoms with Gasteiger partial charge in [0.25, 0.3) is 0 Å². The molecule has 2 aromatic rings. The van der Waals surface area contributed by atoms with Gasteiger partial charge in [-0.15, -0.1) is 0 Å². The van der Waals surface area contributed by atoms with Crippen molar-refractivity contribution in [3.05, 3.63) is 35.5 Å². The van der Waals surface area contributed by atoms with Crippen LogP contribution in [0.5, 0.6) is 0 Å². The van der Waals surface area contributed by atoms with Gasteiger partial charge in [0, 0.05) is 35.6 Å². The van der Waals surface area contributed by atoms with Crippen LogP contribution >= 0.6 is 0 Å². The third-order valence-electron chi connectivity index (χ3n) is 5.47. The number of carbonyl (C=O) groups excluding carboxylic acids is 1. The molecule has 4 heteroatoms. The number of fused-ring (bicyclic) bond motifs is 2. The van der Waals surface area contributed by atoms with Crippen molar-refractivity contribution >= 4 is 16.9 Å². The number of aromatic amines is 1. The van der Waals surface area contributed by atoms with Crippen molar-refractivity contribution in [2.75, 3.05) is 13.6 Å². The molecule has 128 valence electrons. The number of H-pyrrole nitrogens is 1. The second-order valence-corrected chi connectivity index (χ2v) is 8.37. The van der Waals surface area contributed by atoms with Gasteiger partial charge in [-0.05, 0) is 57.9 Å². The third-order valence-corrected chi connectivity index (χ3v) is 5.47. The second kappa shape index (κ2) is 5.35. The number of benzene rings is 1. The minimum absolute atomic E-state index is 0.0498. The van der Waals surface area contributed by atoms with Crippen molar-refractivity contribution in [2.24, 2.45) is 5.92 Å². The highest BCUT2D eigenvalue weighted by Crippen LogP contribution is 2.44. The van der Waals surface area contributed by atoms with Crippen molar-refractivity contribution < 1.29 is 9.53 Å². The Morgan fingerprint density at radius 1 is 1.33 bits per heavy atom. The average Bonchev–Trinajstić information content (AvgIpc) is 2.91. The lowest BCUT2D eigenvalue weighted by Crippen LogP contribution is -2.50. The standard InChI is InChI=1S/C20H26N2O2/c1-20(2,3)24-19(23)13-8-15-14-6-5-7-16-18(14)12(10-21-16)9-17(15)22(4)11-13/h5-7,10,13,15,17,21H,8-9,11H2,1-4H3/t13?,15?,17-/m1/s1. The first-order valence-electron chi connectivity index (χ1n) is 8.85. The van der Waals surface area contributed by atoms with Crippen molar-refractivity contribution in [3.63, 3.8) is 0 Å². The van der Waals surface area contributed by atoms with Crippen LogP contribution in [0.1, 0.15) is 44.2 Å². The zero-order chi connectivity index (χ0) is 17.1. The van der Waals surface area contributed by atoms with E-state index in [1.807, 2.05) is 20.8 Å². The number of esters is 1. The van der Waals surface area contributed by atoms with Crippen LogP contribution in [0.4, 0.5) is 0 Å². The van der Waals surface area contributed by atoms with Gasteiger partial charge >= 0.3 is 5.97 Å². The van der Waals surface area contributed by atoms with Crippen LogP contribution in [0.15, 0.2) is 24.4 Å². The number of likely N-dealkylation sites (tertiary alicyclic amines) is 1. The van der Waals surface area contributed by atoms with Gasteiger partial charge in [0.15, 0.2) is 0 Å². The minimum atomic E-state index is -0.424. The lowest BCUT2D eigenvalue weighted by Gasteiger charge is -2.45. The van der Waals surface area contributed by atoms with Crippen molar-refractivity contribution in [1.82, 2.24) is 9.88 Å². The van der Waals surface area contributed by atoms with Crippen LogP contribution in [0.3, 0.4) is 0 Å². The molecule has 4 nitrogen and oxygen atoms in total. The summed E-state index contributed by atoms with van der Waals surface area (Å²) < 4.78 is 5.66. The molecule has 3 atom stereocenters. The molecule has 1 aromatic carbocycles. The smallest absolute Gasteiger partial charge is 0.310 e. The highest BCUT2D eigenvalue weighted by Gasteiger charge is 2.42. The van der Waals surface area contributed by atoms with Gasteiger partial charge in [0.05, 0.1) is 5.92 Å². The van der Waals surface area contributed by atoms with Crippen molar-refractivity contribution in [2.45, 2.75) is 51.2 Å². The lowest BCUT2D eigenvalue weighted by molar-refractivity contribution is -0.162. The Morgan fingerprint density at radius 2 is 2.12 bits per heavy atom. The molecule has 0 radical (unpaired) electrons. The average molecular weight is 326 g/mol. The fourth-order valence-corrected chi connectivity index (χ4v) is 4.50. The van der Waals surface area contributed by atoms with E-state index < -0.39 is 5.60 Å². The van der Waals surface area contributed by atoms with Crippen LogP contribution in [0, 0.1) is 5.92 Å². The van der Waals surface area contributed by atoms with E-state index in [0.717, 1.165) is 19.4 Å². The van der Waals surface area contributed by atoms with E-state index in [4.69, 9.17) is 4.74 Å². The highest BCUT2D eigenvalue weighted by atomic mass is 16.6. The largest absolute Gasteiger partial charge is 0.460 e. The van der Waals surface area contributed by atoms with E-state index in [-0.39, 0.29) is 11.9 Å². The molecule has 1 N–H and O–H groups in total. The first kappa shape index (κ1) is 15.7. The third kappa shape index (κ3) is 2.53. The summed E-state index contributed by atoms with van der Waals surface area (Å²) >= 11 is 0. The van der Waals surface area contributed by atoms with Gasteiger partial charge in [-0.25, -0.2) is 0 Å². The molecule has 0 bridgehead atoms. The van der Waals surface area contributed by atoms with Crippen LogP contribution in [-0.2, 0) is 16.0 Å². The number of aromatic nitrogens is 1. The maximum Gasteiger partial charge on any atom is 0.310 e. The van der Waals surface area contributed by atoms with Crippen LogP contribution in [-0.4, -0.2) is 41.1 Å². The van der Waals surface area contributed by atoms with Gasteiger partial charge in [-0.2, -0.15) is 0 Å². The molecule has 0 spiro atoms. The topological polar surface area (TPSA) is 45.3 Å². The zero-order valence-electron chi connectivity index (χ0n) is 14.9. The summed E-state index contributed by atoms with van der Waals surface area (Å²) in [6.45, 7) is 6.60. The number of likely N-dealkylation sites (N-methyl/N-ethyl adjacent to an activating group) is 1. The predicted octanol–water partition coefficient (Wildman–Crippen LogP) is 3.47. The SMILES string of the molecule is CN1CC(C(=O)OC(C)(C)C)CC2c3cccc4[nH]cc(c34)C[C@H]21. The van der Waals surface area contributed by atoms with E-state index in [1.54, 1.807) is 0 Å². The number of ether oxygens (including phenoxy) is 1. The number of hydrogen-bond donors (Lipinski definition) is 1. The van der Waals surface area contributed by atoms with E-state index in [9.17, 15) is 4.79 Å². The first-order chi connectivity index (χ1) is 11.3. The van der Waals surface area contributed by atoms with E-state index in [2.05, 4.69) is 41.3 Å². The molecule has 1 aliphatic carbocycles. The number of nitrogens with zero attached hydrogens (tertiary/aromatic N) is 1. The van der Waals surface area contributed by atoms with E-state index in [1.165, 1.54) is 22.0 Å². The van der Waals surface area contributed by atoms with Crippen LogP contribution in [0.2, 0.25) is 0 Å². The summed E-state index contributed by atoms with van der Waals surface area (Å²) in [6.07, 6.45) is 4.09. The van der Waals surface area contributed by atoms with Gasteiger partial charge in [0.1, 0.15) is 5.60 Å². The lowest BCUT2D eigenvalue weighted by atomic mass is 9.72. The fourth-order valence-electron chi connectivity index (χ4n) is 4.50. The van der Waals surface area contributed by atoms with Crippen LogP contribution < -0.4 is 0 Å². The summed E-state index contributed by atoms with van der Waals surface area (Å²) in [4.78, 5) is 18.4. The molecule has 1 aromatic heterocycles. The van der Waals surface area contributed by atoms with Gasteiger partial charge in [0.2, 0.25) is 0 Å². The Morgan fingerprint density at radius 3 is 2.88 bits per heavy atom.